The lowest BCUT2D eigenvalue weighted by Crippen LogP contribution is -2.09. The molecule has 0 saturated heterocycles. The van der Waals surface area contributed by atoms with Crippen LogP contribution in [0.3, 0.4) is 0 Å². The smallest absolute Gasteiger partial charge is 0.127 e. The molecule has 1 unspecified atom stereocenters. The fraction of sp³-hybridized carbons (Fsp3) is 0.273. The zero-order chi connectivity index (χ0) is 10.6. The van der Waals surface area contributed by atoms with Crippen molar-refractivity contribution in [3.8, 4) is 5.75 Å². The minimum absolute atomic E-state index is 0.0480. The largest absolute Gasteiger partial charge is 0.496 e. The summed E-state index contributed by atoms with van der Waals surface area (Å²) in [5, 5.41) is 0. The summed E-state index contributed by atoms with van der Waals surface area (Å²) in [6.07, 6.45) is 3.90. The van der Waals surface area contributed by atoms with E-state index in [2.05, 4.69) is 15.9 Å². The maximum absolute atomic E-state index is 5.64. The third kappa shape index (κ3) is 2.86. The lowest BCUT2D eigenvalue weighted by molar-refractivity contribution is 0.413. The van der Waals surface area contributed by atoms with Gasteiger partial charge in [0.1, 0.15) is 5.75 Å². The number of methoxy groups -OCH3 is 1. The van der Waals surface area contributed by atoms with Crippen LogP contribution in [0.2, 0.25) is 0 Å². The van der Waals surface area contributed by atoms with Gasteiger partial charge in [-0.05, 0) is 19.1 Å². The van der Waals surface area contributed by atoms with Gasteiger partial charge in [0.05, 0.1) is 7.11 Å². The van der Waals surface area contributed by atoms with Crippen molar-refractivity contribution in [2.24, 2.45) is 5.73 Å². The second-order valence-corrected chi connectivity index (χ2v) is 3.93. The zero-order valence-electron chi connectivity index (χ0n) is 8.33. The van der Waals surface area contributed by atoms with Crippen molar-refractivity contribution in [2.45, 2.75) is 13.0 Å². The Bertz CT molecular complexity index is 334. The Morgan fingerprint density at radius 3 is 2.79 bits per heavy atom. The van der Waals surface area contributed by atoms with E-state index in [-0.39, 0.29) is 6.04 Å². The summed E-state index contributed by atoms with van der Waals surface area (Å²) < 4.78 is 6.24. The Labute approximate surface area is 92.9 Å². The van der Waals surface area contributed by atoms with Crippen LogP contribution in [0, 0.1) is 0 Å². The van der Waals surface area contributed by atoms with E-state index in [1.54, 1.807) is 7.11 Å². The van der Waals surface area contributed by atoms with Crippen LogP contribution in [0.15, 0.2) is 28.7 Å². The highest BCUT2D eigenvalue weighted by atomic mass is 79.9. The topological polar surface area (TPSA) is 35.2 Å². The quantitative estimate of drug-likeness (QED) is 0.902. The van der Waals surface area contributed by atoms with E-state index in [1.807, 2.05) is 37.3 Å². The molecule has 76 valence electrons. The summed E-state index contributed by atoms with van der Waals surface area (Å²) in [5.74, 6) is 0.844. The molecule has 2 N–H and O–H groups in total. The highest BCUT2D eigenvalue weighted by molar-refractivity contribution is 9.10. The number of benzene rings is 1. The Morgan fingerprint density at radius 2 is 2.21 bits per heavy atom. The number of hydrogen-bond acceptors (Lipinski definition) is 2. The van der Waals surface area contributed by atoms with Gasteiger partial charge in [-0.15, -0.1) is 0 Å². The average molecular weight is 256 g/mol. The summed E-state index contributed by atoms with van der Waals surface area (Å²) in [5.41, 5.74) is 6.66. The second kappa shape index (κ2) is 5.17. The van der Waals surface area contributed by atoms with E-state index in [1.165, 1.54) is 0 Å². The molecule has 1 atom stereocenters. The zero-order valence-corrected chi connectivity index (χ0v) is 9.91. The van der Waals surface area contributed by atoms with E-state index in [4.69, 9.17) is 10.5 Å². The number of nitrogens with two attached hydrogens (primary N) is 1. The highest BCUT2D eigenvalue weighted by Gasteiger charge is 2.02. The summed E-state index contributed by atoms with van der Waals surface area (Å²) in [7, 11) is 1.66. The van der Waals surface area contributed by atoms with Crippen LogP contribution in [0.1, 0.15) is 12.5 Å². The molecule has 0 aliphatic carbocycles. The molecule has 1 aromatic carbocycles. The molecule has 2 nitrogen and oxygen atoms in total. The van der Waals surface area contributed by atoms with Crippen molar-refractivity contribution in [2.75, 3.05) is 7.11 Å². The van der Waals surface area contributed by atoms with Crippen LogP contribution in [0.25, 0.3) is 6.08 Å². The van der Waals surface area contributed by atoms with Crippen LogP contribution in [-0.4, -0.2) is 13.2 Å². The first-order valence-corrected chi connectivity index (χ1v) is 5.20. The van der Waals surface area contributed by atoms with Gasteiger partial charge >= 0.3 is 0 Å². The molecule has 0 aromatic heterocycles. The lowest BCUT2D eigenvalue weighted by atomic mass is 10.1. The second-order valence-electron chi connectivity index (χ2n) is 3.07. The Balaban J connectivity index is 3.05. The predicted octanol–water partition coefficient (Wildman–Crippen LogP) is 2.82. The number of hydrogen-bond donors (Lipinski definition) is 1. The normalized spacial score (nSPS) is 13.1. The number of ether oxygens (including phenoxy) is 1. The first kappa shape index (κ1) is 11.3. The molecule has 0 fully saturated rings. The summed E-state index contributed by atoms with van der Waals surface area (Å²) >= 11 is 3.47. The number of rotatable bonds is 3. The predicted molar refractivity (Wildman–Crippen MR) is 63.4 cm³/mol. The van der Waals surface area contributed by atoms with Crippen LogP contribution >= 0.6 is 15.9 Å². The third-order valence-corrected chi connectivity index (χ3v) is 2.49. The van der Waals surface area contributed by atoms with E-state index in [9.17, 15) is 0 Å². The third-order valence-electron chi connectivity index (χ3n) is 1.80. The molecule has 0 aliphatic heterocycles. The van der Waals surface area contributed by atoms with Gasteiger partial charge in [0.15, 0.2) is 0 Å². The Morgan fingerprint density at radius 1 is 1.50 bits per heavy atom. The van der Waals surface area contributed by atoms with E-state index in [0.717, 1.165) is 15.8 Å². The van der Waals surface area contributed by atoms with Crippen LogP contribution in [-0.2, 0) is 0 Å². The molecule has 3 heteroatoms. The van der Waals surface area contributed by atoms with E-state index in [0.29, 0.717) is 0 Å². The lowest BCUT2D eigenvalue weighted by Gasteiger charge is -2.06. The Hall–Kier alpha value is -0.800. The van der Waals surface area contributed by atoms with Crippen molar-refractivity contribution in [1.29, 1.82) is 0 Å². The molecule has 14 heavy (non-hydrogen) atoms. The monoisotopic (exact) mass is 255 g/mol. The van der Waals surface area contributed by atoms with Crippen LogP contribution < -0.4 is 10.5 Å². The minimum Gasteiger partial charge on any atom is -0.496 e. The van der Waals surface area contributed by atoms with Crippen molar-refractivity contribution in [3.05, 3.63) is 34.3 Å². The maximum Gasteiger partial charge on any atom is 0.127 e. The molecule has 0 spiro atoms. The molecule has 0 aliphatic rings. The first-order valence-electron chi connectivity index (χ1n) is 4.41. The summed E-state index contributed by atoms with van der Waals surface area (Å²) in [6.45, 7) is 1.93. The summed E-state index contributed by atoms with van der Waals surface area (Å²) in [4.78, 5) is 0. The Kier molecular flexibility index (Phi) is 4.17. The van der Waals surface area contributed by atoms with Gasteiger partial charge < -0.3 is 10.5 Å². The van der Waals surface area contributed by atoms with Crippen molar-refractivity contribution >= 4 is 22.0 Å². The molecule has 0 radical (unpaired) electrons. The molecule has 0 saturated carbocycles. The molecule has 0 heterocycles. The first-order chi connectivity index (χ1) is 6.65. The van der Waals surface area contributed by atoms with Gasteiger partial charge in [0, 0.05) is 16.1 Å². The van der Waals surface area contributed by atoms with Crippen molar-refractivity contribution in [1.82, 2.24) is 0 Å². The van der Waals surface area contributed by atoms with Crippen LogP contribution in [0.4, 0.5) is 0 Å². The fourth-order valence-electron chi connectivity index (χ4n) is 1.10. The van der Waals surface area contributed by atoms with Gasteiger partial charge in [0.2, 0.25) is 0 Å². The van der Waals surface area contributed by atoms with Gasteiger partial charge in [-0.3, -0.25) is 0 Å². The van der Waals surface area contributed by atoms with Gasteiger partial charge in [0.25, 0.3) is 0 Å². The molecule has 1 rings (SSSR count). The molecule has 1 aromatic rings. The van der Waals surface area contributed by atoms with Gasteiger partial charge in [-0.1, -0.05) is 34.1 Å². The SMILES string of the molecule is COc1cccc(Br)c1/C=C/C(C)N. The maximum atomic E-state index is 5.64. The molecule has 0 amide bonds. The van der Waals surface area contributed by atoms with Crippen LogP contribution in [0.5, 0.6) is 5.75 Å². The highest BCUT2D eigenvalue weighted by Crippen LogP contribution is 2.27. The minimum atomic E-state index is 0.0480. The van der Waals surface area contributed by atoms with Gasteiger partial charge in [-0.25, -0.2) is 0 Å². The fourth-order valence-corrected chi connectivity index (χ4v) is 1.59. The van der Waals surface area contributed by atoms with Crippen molar-refractivity contribution < 1.29 is 4.74 Å². The van der Waals surface area contributed by atoms with E-state index < -0.39 is 0 Å². The van der Waals surface area contributed by atoms with Crippen molar-refractivity contribution in [3.63, 3.8) is 0 Å². The summed E-state index contributed by atoms with van der Waals surface area (Å²) in [6, 6.07) is 5.88. The van der Waals surface area contributed by atoms with E-state index >= 15 is 0 Å². The number of halogens is 1. The standard InChI is InChI=1S/C11H14BrNO/c1-8(13)6-7-9-10(12)4-3-5-11(9)14-2/h3-8H,13H2,1-2H3/b7-6+. The molecule has 0 bridgehead atoms. The average Bonchev–Trinajstić information content (AvgIpc) is 2.15. The molecular weight excluding hydrogens is 242 g/mol. The molecular formula is C11H14BrNO. The van der Waals surface area contributed by atoms with Gasteiger partial charge in [-0.2, -0.15) is 0 Å².